The fraction of sp³-hybridized carbons (Fsp3) is 0.462. The van der Waals surface area contributed by atoms with Crippen LogP contribution in [-0.4, -0.2) is 5.79 Å². The van der Waals surface area contributed by atoms with Gasteiger partial charge in [-0.3, -0.25) is 0 Å². The number of halogens is 1. The fourth-order valence-electron chi connectivity index (χ4n) is 1.97. The quantitative estimate of drug-likeness (QED) is 0.772. The highest BCUT2D eigenvalue weighted by Crippen LogP contribution is 2.42. The molecule has 0 bridgehead atoms. The van der Waals surface area contributed by atoms with Crippen molar-refractivity contribution in [2.24, 2.45) is 0 Å². The van der Waals surface area contributed by atoms with E-state index in [1.165, 1.54) is 0 Å². The Kier molecular flexibility index (Phi) is 3.13. The van der Waals surface area contributed by atoms with Crippen molar-refractivity contribution in [2.75, 3.05) is 0 Å². The van der Waals surface area contributed by atoms with Crippen molar-refractivity contribution in [2.45, 2.75) is 38.6 Å². The molecule has 1 aromatic rings. The molecular weight excluding hydrogens is 224 g/mol. The summed E-state index contributed by atoms with van der Waals surface area (Å²) in [5.74, 6) is 0.298. The zero-order valence-corrected chi connectivity index (χ0v) is 10.4. The third-order valence-corrected chi connectivity index (χ3v) is 3.28. The van der Waals surface area contributed by atoms with Crippen LogP contribution in [0.4, 0.5) is 0 Å². The van der Waals surface area contributed by atoms with Crippen LogP contribution in [0.15, 0.2) is 18.2 Å². The Labute approximate surface area is 102 Å². The maximum atomic E-state index is 5.94. The van der Waals surface area contributed by atoms with Gasteiger partial charge in [0.25, 0.3) is 0 Å². The lowest BCUT2D eigenvalue weighted by atomic mass is 10.0. The molecule has 0 aromatic heterocycles. The van der Waals surface area contributed by atoms with E-state index in [0.29, 0.717) is 5.02 Å². The number of fused-ring (bicyclic) bond motifs is 1. The molecule has 0 saturated carbocycles. The number of hydrogen-bond donors (Lipinski definition) is 0. The Hall–Kier alpha value is -0.730. The molecule has 0 unspecified atom stereocenters. The zero-order chi connectivity index (χ0) is 11.8. The van der Waals surface area contributed by atoms with Gasteiger partial charge in [-0.15, -0.1) is 0 Å². The summed E-state index contributed by atoms with van der Waals surface area (Å²) in [6.45, 7) is 8.12. The van der Waals surface area contributed by atoms with Crippen LogP contribution in [0.3, 0.4) is 0 Å². The van der Waals surface area contributed by atoms with Crippen LogP contribution in [0.1, 0.15) is 38.4 Å². The van der Waals surface area contributed by atoms with E-state index in [1.807, 2.05) is 18.2 Å². The van der Waals surface area contributed by atoms with Crippen LogP contribution in [0, 0.1) is 6.92 Å². The molecule has 0 aliphatic carbocycles. The Morgan fingerprint density at radius 3 is 2.69 bits per heavy atom. The number of ether oxygens (including phenoxy) is 2. The van der Waals surface area contributed by atoms with Crippen LogP contribution in [0.5, 0.6) is 5.75 Å². The molecule has 1 aromatic carbocycles. The fourth-order valence-corrected chi connectivity index (χ4v) is 2.15. The van der Waals surface area contributed by atoms with Crippen molar-refractivity contribution in [1.29, 1.82) is 0 Å². The van der Waals surface area contributed by atoms with E-state index in [2.05, 4.69) is 20.8 Å². The minimum absolute atomic E-state index is 0.220. The van der Waals surface area contributed by atoms with Gasteiger partial charge in [-0.2, -0.15) is 0 Å². The van der Waals surface area contributed by atoms with Crippen molar-refractivity contribution in [3.8, 4) is 5.75 Å². The van der Waals surface area contributed by atoms with Gasteiger partial charge in [0.15, 0.2) is 0 Å². The predicted octanol–water partition coefficient (Wildman–Crippen LogP) is 4.14. The highest BCUT2D eigenvalue weighted by molar-refractivity contribution is 6.30. The van der Waals surface area contributed by atoms with Gasteiger partial charge in [0, 0.05) is 23.4 Å². The number of rotatable bonds is 2. The van der Waals surface area contributed by atoms with Crippen molar-refractivity contribution in [3.05, 3.63) is 35.7 Å². The Morgan fingerprint density at radius 2 is 2.06 bits per heavy atom. The second kappa shape index (κ2) is 4.27. The van der Waals surface area contributed by atoms with E-state index in [9.17, 15) is 0 Å². The zero-order valence-electron chi connectivity index (χ0n) is 9.63. The van der Waals surface area contributed by atoms with E-state index in [4.69, 9.17) is 21.1 Å². The molecule has 16 heavy (non-hydrogen) atoms. The third-order valence-electron chi connectivity index (χ3n) is 3.05. The van der Waals surface area contributed by atoms with Crippen LogP contribution in [0.2, 0.25) is 5.02 Å². The van der Waals surface area contributed by atoms with Crippen LogP contribution in [-0.2, 0) is 4.74 Å². The summed E-state index contributed by atoms with van der Waals surface area (Å²) in [4.78, 5) is 0. The smallest absolute Gasteiger partial charge is 0.210 e. The SMILES string of the molecule is [CH2][C@H]1OC(CC)(CC)Oc2ccc(Cl)cc21. The molecule has 1 aliphatic rings. The summed E-state index contributed by atoms with van der Waals surface area (Å²) in [6, 6.07) is 5.57. The third kappa shape index (κ3) is 1.92. The molecular formula is C13H16ClO2. The Balaban J connectivity index is 2.40. The highest BCUT2D eigenvalue weighted by Gasteiger charge is 2.37. The van der Waals surface area contributed by atoms with Crippen LogP contribution in [0.25, 0.3) is 0 Å². The van der Waals surface area contributed by atoms with Crippen molar-refractivity contribution >= 4 is 11.6 Å². The molecule has 0 spiro atoms. The molecule has 2 rings (SSSR count). The first-order valence-electron chi connectivity index (χ1n) is 5.59. The minimum Gasteiger partial charge on any atom is -0.462 e. The van der Waals surface area contributed by atoms with Gasteiger partial charge in [-0.25, -0.2) is 0 Å². The maximum absolute atomic E-state index is 5.94. The van der Waals surface area contributed by atoms with Gasteiger partial charge in [0.05, 0.1) is 6.10 Å². The van der Waals surface area contributed by atoms with E-state index in [1.54, 1.807) is 0 Å². The second-order valence-corrected chi connectivity index (χ2v) is 4.44. The second-order valence-electron chi connectivity index (χ2n) is 4.01. The molecule has 0 amide bonds. The summed E-state index contributed by atoms with van der Waals surface area (Å²) >= 11 is 5.94. The van der Waals surface area contributed by atoms with E-state index in [0.717, 1.165) is 24.2 Å². The predicted molar refractivity (Wildman–Crippen MR) is 64.6 cm³/mol. The van der Waals surface area contributed by atoms with E-state index < -0.39 is 5.79 Å². The van der Waals surface area contributed by atoms with Gasteiger partial charge >= 0.3 is 0 Å². The number of hydrogen-bond acceptors (Lipinski definition) is 2. The summed E-state index contributed by atoms with van der Waals surface area (Å²) in [7, 11) is 0. The van der Waals surface area contributed by atoms with Crippen LogP contribution < -0.4 is 4.74 Å². The molecule has 1 radical (unpaired) electrons. The molecule has 2 nitrogen and oxygen atoms in total. The Morgan fingerprint density at radius 1 is 1.38 bits per heavy atom. The molecule has 1 atom stereocenters. The summed E-state index contributed by atoms with van der Waals surface area (Å²) in [5.41, 5.74) is 0.921. The summed E-state index contributed by atoms with van der Waals surface area (Å²) in [5, 5.41) is 0.681. The van der Waals surface area contributed by atoms with Gasteiger partial charge in [-0.1, -0.05) is 25.4 Å². The molecule has 0 fully saturated rings. The largest absolute Gasteiger partial charge is 0.462 e. The maximum Gasteiger partial charge on any atom is 0.210 e. The normalized spacial score (nSPS) is 22.4. The lowest BCUT2D eigenvalue weighted by Gasteiger charge is -2.40. The van der Waals surface area contributed by atoms with Gasteiger partial charge in [-0.05, 0) is 25.1 Å². The minimum atomic E-state index is -0.534. The first-order valence-corrected chi connectivity index (χ1v) is 5.97. The summed E-state index contributed by atoms with van der Waals surface area (Å²) in [6.07, 6.45) is 1.39. The van der Waals surface area contributed by atoms with Crippen molar-refractivity contribution in [1.82, 2.24) is 0 Å². The van der Waals surface area contributed by atoms with Crippen molar-refractivity contribution < 1.29 is 9.47 Å². The van der Waals surface area contributed by atoms with Gasteiger partial charge < -0.3 is 9.47 Å². The molecule has 0 N–H and O–H groups in total. The van der Waals surface area contributed by atoms with Crippen LogP contribution >= 0.6 is 11.6 Å². The summed E-state index contributed by atoms with van der Waals surface area (Å²) < 4.78 is 11.8. The van der Waals surface area contributed by atoms with Crippen molar-refractivity contribution in [3.63, 3.8) is 0 Å². The molecule has 87 valence electrons. The first kappa shape index (κ1) is 11.7. The first-order chi connectivity index (χ1) is 7.60. The van der Waals surface area contributed by atoms with E-state index >= 15 is 0 Å². The standard InChI is InChI=1S/C13H16ClO2/c1-4-13(5-2)15-9(3)11-8-10(14)6-7-12(11)16-13/h6-9H,3-5H2,1-2H3/t9-/m1/s1. The lowest BCUT2D eigenvalue weighted by molar-refractivity contribution is -0.222. The average Bonchev–Trinajstić information content (AvgIpc) is 2.30. The van der Waals surface area contributed by atoms with Gasteiger partial charge in [0.2, 0.25) is 5.79 Å². The van der Waals surface area contributed by atoms with Gasteiger partial charge in [0.1, 0.15) is 5.75 Å². The highest BCUT2D eigenvalue weighted by atomic mass is 35.5. The molecule has 1 aliphatic heterocycles. The molecule has 3 heteroatoms. The monoisotopic (exact) mass is 239 g/mol. The lowest BCUT2D eigenvalue weighted by Crippen LogP contribution is -2.42. The molecule has 1 heterocycles. The Bertz CT molecular complexity index is 386. The van der Waals surface area contributed by atoms with E-state index in [-0.39, 0.29) is 6.10 Å². The number of benzene rings is 1. The average molecular weight is 240 g/mol. The molecule has 0 saturated heterocycles. The topological polar surface area (TPSA) is 18.5 Å².